The molecule has 0 bridgehead atoms. The molecule has 7 nitrogen and oxygen atoms in total. The Hall–Kier alpha value is -2.71. The highest BCUT2D eigenvalue weighted by atomic mass is 32.2. The summed E-state index contributed by atoms with van der Waals surface area (Å²) in [6.07, 6.45) is 6.85. The topological polar surface area (TPSA) is 86.1 Å². The number of ether oxygens (including phenoxy) is 1. The average Bonchev–Trinajstić information content (AvgIpc) is 3.21. The molecule has 8 heteroatoms. The minimum absolute atomic E-state index is 0.171. The molecule has 0 atom stereocenters. The summed E-state index contributed by atoms with van der Waals surface area (Å²) in [5, 5.41) is 0. The predicted molar refractivity (Wildman–Crippen MR) is 126 cm³/mol. The third-order valence-corrected chi connectivity index (χ3v) is 6.82. The average molecular weight is 457 g/mol. The van der Waals surface area contributed by atoms with E-state index >= 15 is 0 Å². The van der Waals surface area contributed by atoms with Gasteiger partial charge in [-0.25, -0.2) is 23.1 Å². The quantitative estimate of drug-likeness (QED) is 0.473. The van der Waals surface area contributed by atoms with E-state index in [0.717, 1.165) is 36.2 Å². The van der Waals surface area contributed by atoms with E-state index in [1.165, 1.54) is 0 Å². The maximum atomic E-state index is 13.0. The zero-order chi connectivity index (χ0) is 23.1. The van der Waals surface area contributed by atoms with E-state index in [1.54, 1.807) is 18.2 Å². The van der Waals surface area contributed by atoms with Crippen molar-refractivity contribution >= 4 is 10.0 Å². The number of nitrogens with one attached hydrogen (secondary N) is 1. The first-order chi connectivity index (χ1) is 15.4. The van der Waals surface area contributed by atoms with Crippen LogP contribution in [-0.2, 0) is 36.3 Å². The van der Waals surface area contributed by atoms with E-state index in [9.17, 15) is 8.42 Å². The van der Waals surface area contributed by atoms with Crippen LogP contribution < -0.4 is 9.46 Å². The number of aryl methyl sites for hydroxylation is 3. The molecule has 1 N–H and O–H groups in total. The highest BCUT2D eigenvalue weighted by Crippen LogP contribution is 2.31. The summed E-state index contributed by atoms with van der Waals surface area (Å²) in [4.78, 5) is 9.41. The standard InChI is InChI=1S/C24H32N4O3S/c1-5-15-31-23-11-10-20(32(29,30)26-13-12-19-9-8-14-28(19)4)16-21(23)24-25-17-18(6-2)22(7-3)27-24/h8-11,14,16-17,26H,5-7,12-13,15H2,1-4H3. The van der Waals surface area contributed by atoms with Gasteiger partial charge in [-0.15, -0.1) is 0 Å². The van der Waals surface area contributed by atoms with E-state index in [4.69, 9.17) is 9.72 Å². The fraction of sp³-hybridized carbons (Fsp3) is 0.417. The van der Waals surface area contributed by atoms with Crippen LogP contribution in [0.25, 0.3) is 11.4 Å². The van der Waals surface area contributed by atoms with Crippen molar-refractivity contribution in [2.75, 3.05) is 13.2 Å². The third-order valence-electron chi connectivity index (χ3n) is 5.36. The van der Waals surface area contributed by atoms with E-state index in [0.29, 0.717) is 36.7 Å². The molecule has 0 aliphatic carbocycles. The number of rotatable bonds is 11. The second-order valence-corrected chi connectivity index (χ2v) is 9.40. The van der Waals surface area contributed by atoms with Crippen molar-refractivity contribution in [2.24, 2.45) is 7.05 Å². The first-order valence-corrected chi connectivity index (χ1v) is 12.6. The zero-order valence-corrected chi connectivity index (χ0v) is 20.1. The Labute approximate surface area is 190 Å². The summed E-state index contributed by atoms with van der Waals surface area (Å²) in [6, 6.07) is 8.80. The van der Waals surface area contributed by atoms with Gasteiger partial charge in [0, 0.05) is 43.8 Å². The Morgan fingerprint density at radius 3 is 2.59 bits per heavy atom. The van der Waals surface area contributed by atoms with Crippen LogP contribution in [0.3, 0.4) is 0 Å². The predicted octanol–water partition coefficient (Wildman–Crippen LogP) is 3.92. The van der Waals surface area contributed by atoms with Crippen molar-refractivity contribution in [1.29, 1.82) is 0 Å². The Balaban J connectivity index is 1.91. The number of benzene rings is 1. The summed E-state index contributed by atoms with van der Waals surface area (Å²) in [7, 11) is -1.75. The Morgan fingerprint density at radius 1 is 1.12 bits per heavy atom. The number of aromatic nitrogens is 3. The second kappa shape index (κ2) is 10.7. The molecule has 1 aromatic carbocycles. The van der Waals surface area contributed by atoms with Gasteiger partial charge in [-0.05, 0) is 55.2 Å². The highest BCUT2D eigenvalue weighted by molar-refractivity contribution is 7.89. The molecule has 32 heavy (non-hydrogen) atoms. The summed E-state index contributed by atoms with van der Waals surface area (Å²) < 4.78 is 36.5. The largest absolute Gasteiger partial charge is 0.493 e. The van der Waals surface area contributed by atoms with Gasteiger partial charge in [0.05, 0.1) is 17.1 Å². The highest BCUT2D eigenvalue weighted by Gasteiger charge is 2.19. The van der Waals surface area contributed by atoms with Gasteiger partial charge in [-0.1, -0.05) is 20.8 Å². The van der Waals surface area contributed by atoms with E-state index < -0.39 is 10.0 Å². The van der Waals surface area contributed by atoms with Gasteiger partial charge in [-0.3, -0.25) is 0 Å². The fourth-order valence-corrected chi connectivity index (χ4v) is 4.57. The molecule has 0 fully saturated rings. The van der Waals surface area contributed by atoms with Crippen LogP contribution in [0, 0.1) is 0 Å². The summed E-state index contributed by atoms with van der Waals surface area (Å²) in [5.74, 6) is 1.06. The maximum Gasteiger partial charge on any atom is 0.240 e. The van der Waals surface area contributed by atoms with Crippen molar-refractivity contribution in [3.8, 4) is 17.1 Å². The first-order valence-electron chi connectivity index (χ1n) is 11.1. The molecular formula is C24H32N4O3S. The Morgan fingerprint density at radius 2 is 1.94 bits per heavy atom. The van der Waals surface area contributed by atoms with E-state index in [2.05, 4.69) is 23.6 Å². The monoisotopic (exact) mass is 456 g/mol. The first kappa shape index (κ1) is 23.9. The fourth-order valence-electron chi connectivity index (χ4n) is 3.52. The molecule has 172 valence electrons. The normalized spacial score (nSPS) is 11.6. The van der Waals surface area contributed by atoms with Crippen molar-refractivity contribution in [3.05, 3.63) is 59.7 Å². The SMILES string of the molecule is CCCOc1ccc(S(=O)(=O)NCCc2cccn2C)cc1-c1ncc(CC)c(CC)n1. The van der Waals surface area contributed by atoms with Crippen molar-refractivity contribution in [2.45, 2.75) is 51.3 Å². The van der Waals surface area contributed by atoms with Crippen LogP contribution in [0.15, 0.2) is 47.6 Å². The van der Waals surface area contributed by atoms with Crippen LogP contribution >= 0.6 is 0 Å². The lowest BCUT2D eigenvalue weighted by Crippen LogP contribution is -2.26. The molecule has 0 aliphatic heterocycles. The molecule has 3 rings (SSSR count). The summed E-state index contributed by atoms with van der Waals surface area (Å²) in [6.45, 7) is 6.99. The van der Waals surface area contributed by atoms with Gasteiger partial charge in [0.2, 0.25) is 10.0 Å². The van der Waals surface area contributed by atoms with Gasteiger partial charge in [0.1, 0.15) is 5.75 Å². The second-order valence-electron chi connectivity index (χ2n) is 7.64. The minimum atomic E-state index is -3.69. The van der Waals surface area contributed by atoms with E-state index in [1.807, 2.05) is 43.1 Å². The van der Waals surface area contributed by atoms with Crippen molar-refractivity contribution < 1.29 is 13.2 Å². The number of nitrogens with zero attached hydrogens (tertiary/aromatic N) is 3. The van der Waals surface area contributed by atoms with Gasteiger partial charge >= 0.3 is 0 Å². The summed E-state index contributed by atoms with van der Waals surface area (Å²) >= 11 is 0. The number of hydrogen-bond acceptors (Lipinski definition) is 5. The molecule has 0 radical (unpaired) electrons. The Kier molecular flexibility index (Phi) is 8.04. The van der Waals surface area contributed by atoms with Gasteiger partial charge < -0.3 is 9.30 Å². The molecule has 2 aromatic heterocycles. The third kappa shape index (κ3) is 5.55. The van der Waals surface area contributed by atoms with Crippen molar-refractivity contribution in [3.63, 3.8) is 0 Å². The lowest BCUT2D eigenvalue weighted by Gasteiger charge is -2.14. The molecule has 2 heterocycles. The van der Waals surface area contributed by atoms with Gasteiger partial charge in [0.15, 0.2) is 5.82 Å². The number of sulfonamides is 1. The van der Waals surface area contributed by atoms with Gasteiger partial charge in [0.25, 0.3) is 0 Å². The zero-order valence-electron chi connectivity index (χ0n) is 19.3. The molecule has 0 spiro atoms. The van der Waals surface area contributed by atoms with Crippen LogP contribution in [0.2, 0.25) is 0 Å². The van der Waals surface area contributed by atoms with Crippen LogP contribution in [0.5, 0.6) is 5.75 Å². The summed E-state index contributed by atoms with van der Waals surface area (Å²) in [5.41, 5.74) is 3.71. The smallest absolute Gasteiger partial charge is 0.240 e. The molecule has 0 saturated heterocycles. The number of hydrogen-bond donors (Lipinski definition) is 1. The van der Waals surface area contributed by atoms with Crippen LogP contribution in [-0.4, -0.2) is 36.1 Å². The Bertz CT molecular complexity index is 1160. The molecular weight excluding hydrogens is 424 g/mol. The molecule has 0 amide bonds. The van der Waals surface area contributed by atoms with Crippen LogP contribution in [0.1, 0.15) is 44.1 Å². The van der Waals surface area contributed by atoms with Crippen LogP contribution in [0.4, 0.5) is 0 Å². The maximum absolute atomic E-state index is 13.0. The molecule has 0 aliphatic rings. The molecule has 0 saturated carbocycles. The minimum Gasteiger partial charge on any atom is -0.493 e. The van der Waals surface area contributed by atoms with Gasteiger partial charge in [-0.2, -0.15) is 0 Å². The molecule has 3 aromatic rings. The molecule has 0 unspecified atom stereocenters. The lowest BCUT2D eigenvalue weighted by molar-refractivity contribution is 0.318. The van der Waals surface area contributed by atoms with E-state index in [-0.39, 0.29) is 4.90 Å². The lowest BCUT2D eigenvalue weighted by atomic mass is 10.1. The van der Waals surface area contributed by atoms with Crippen molar-refractivity contribution in [1.82, 2.24) is 19.3 Å².